The van der Waals surface area contributed by atoms with E-state index >= 15 is 0 Å². The number of nitrogens with one attached hydrogen (secondary N) is 1. The molecule has 2 rings (SSSR count). The summed E-state index contributed by atoms with van der Waals surface area (Å²) in [5.74, 6) is 0. The third-order valence-corrected chi connectivity index (χ3v) is 5.56. The van der Waals surface area contributed by atoms with Crippen LogP contribution in [-0.2, 0) is 32.8 Å². The van der Waals surface area contributed by atoms with Gasteiger partial charge >= 0.3 is 6.18 Å². The quantitative estimate of drug-likeness (QED) is 0.807. The lowest BCUT2D eigenvalue weighted by Gasteiger charge is -2.09. The molecule has 0 spiro atoms. The second-order valence-electron chi connectivity index (χ2n) is 5.04. The maximum Gasteiger partial charge on any atom is 0.416 e. The summed E-state index contributed by atoms with van der Waals surface area (Å²) >= 11 is 0. The van der Waals surface area contributed by atoms with Crippen LogP contribution in [0.1, 0.15) is 11.1 Å². The van der Waals surface area contributed by atoms with Crippen molar-refractivity contribution in [2.45, 2.75) is 22.5 Å². The van der Waals surface area contributed by atoms with E-state index < -0.39 is 31.8 Å². The van der Waals surface area contributed by atoms with Gasteiger partial charge in [0.15, 0.2) is 0 Å². The fraction of sp³-hybridized carbons (Fsp3) is 0.143. The molecule has 6 nitrogen and oxygen atoms in total. The summed E-state index contributed by atoms with van der Waals surface area (Å²) in [7, 11) is -7.91. The maximum absolute atomic E-state index is 12.5. The van der Waals surface area contributed by atoms with Crippen LogP contribution in [-0.4, -0.2) is 16.8 Å². The van der Waals surface area contributed by atoms with Gasteiger partial charge in [0.2, 0.25) is 20.0 Å². The molecule has 3 N–H and O–H groups in total. The number of nitrogens with two attached hydrogens (primary N) is 1. The predicted molar refractivity (Wildman–Crippen MR) is 83.3 cm³/mol. The Morgan fingerprint density at radius 2 is 1.32 bits per heavy atom. The van der Waals surface area contributed by atoms with E-state index in [1.54, 1.807) is 0 Å². The number of benzene rings is 2. The fourth-order valence-corrected chi connectivity index (χ4v) is 3.41. The minimum Gasteiger partial charge on any atom is -0.225 e. The second kappa shape index (κ2) is 6.75. The number of hydrogen-bond acceptors (Lipinski definition) is 4. The molecule has 0 bridgehead atoms. The van der Waals surface area contributed by atoms with Crippen molar-refractivity contribution >= 4 is 20.0 Å². The number of sulfonamides is 2. The van der Waals surface area contributed by atoms with Crippen LogP contribution < -0.4 is 9.86 Å². The first-order chi connectivity index (χ1) is 11.4. The Kier molecular flexibility index (Phi) is 5.23. The van der Waals surface area contributed by atoms with Gasteiger partial charge in [-0.15, -0.1) is 0 Å². The molecule has 0 amide bonds. The first kappa shape index (κ1) is 19.4. The topological polar surface area (TPSA) is 106 Å². The Balaban J connectivity index is 2.11. The third kappa shape index (κ3) is 5.01. The first-order valence-electron chi connectivity index (χ1n) is 6.68. The van der Waals surface area contributed by atoms with Gasteiger partial charge in [-0.25, -0.2) is 26.7 Å². The van der Waals surface area contributed by atoms with Crippen molar-refractivity contribution < 1.29 is 30.0 Å². The van der Waals surface area contributed by atoms with Crippen molar-refractivity contribution in [3.05, 3.63) is 59.7 Å². The second-order valence-corrected chi connectivity index (χ2v) is 8.36. The lowest BCUT2D eigenvalue weighted by molar-refractivity contribution is -0.137. The zero-order valence-corrected chi connectivity index (χ0v) is 14.1. The van der Waals surface area contributed by atoms with Crippen molar-refractivity contribution in [2.24, 2.45) is 5.14 Å². The minimum absolute atomic E-state index is 0.202. The van der Waals surface area contributed by atoms with E-state index in [2.05, 4.69) is 4.72 Å². The van der Waals surface area contributed by atoms with E-state index in [-0.39, 0.29) is 16.3 Å². The highest BCUT2D eigenvalue weighted by Gasteiger charge is 2.29. The highest BCUT2D eigenvalue weighted by Crippen LogP contribution is 2.29. The summed E-state index contributed by atoms with van der Waals surface area (Å²) in [4.78, 5) is -0.444. The molecule has 136 valence electrons. The van der Waals surface area contributed by atoms with E-state index in [0.717, 1.165) is 48.5 Å². The predicted octanol–water partition coefficient (Wildman–Crippen LogP) is 1.83. The average Bonchev–Trinajstić information content (AvgIpc) is 2.52. The molecular weight excluding hydrogens is 381 g/mol. The summed E-state index contributed by atoms with van der Waals surface area (Å²) in [5, 5.41) is 4.92. The summed E-state index contributed by atoms with van der Waals surface area (Å²) in [5.41, 5.74) is -0.504. The van der Waals surface area contributed by atoms with Gasteiger partial charge in [-0.2, -0.15) is 13.2 Å². The van der Waals surface area contributed by atoms with E-state index in [1.807, 2.05) is 0 Å². The molecule has 0 heterocycles. The highest BCUT2D eigenvalue weighted by atomic mass is 32.2. The molecule has 0 aliphatic heterocycles. The minimum atomic E-state index is -4.47. The van der Waals surface area contributed by atoms with Crippen LogP contribution in [0, 0.1) is 0 Å². The zero-order valence-electron chi connectivity index (χ0n) is 12.5. The van der Waals surface area contributed by atoms with Gasteiger partial charge in [-0.3, -0.25) is 0 Å². The molecule has 2 aromatic carbocycles. The van der Waals surface area contributed by atoms with Crippen LogP contribution in [0.5, 0.6) is 0 Å². The van der Waals surface area contributed by atoms with Crippen molar-refractivity contribution in [1.82, 2.24) is 4.72 Å². The van der Waals surface area contributed by atoms with Gasteiger partial charge in [-0.05, 0) is 42.0 Å². The largest absolute Gasteiger partial charge is 0.416 e. The number of hydrogen-bond donors (Lipinski definition) is 2. The standard InChI is InChI=1S/C14H13F3N2O4S2/c15-14(16,17)11-3-1-10(2-4-11)9-19-25(22,23)13-7-5-12(6-8-13)24(18,20)21/h1-8,19H,9H2,(H2,18,20,21). The Hall–Kier alpha value is -1.95. The van der Waals surface area contributed by atoms with Gasteiger partial charge in [0, 0.05) is 6.54 Å². The van der Waals surface area contributed by atoms with Gasteiger partial charge < -0.3 is 0 Å². The smallest absolute Gasteiger partial charge is 0.225 e. The molecule has 0 saturated carbocycles. The molecule has 11 heteroatoms. The van der Waals surface area contributed by atoms with Crippen LogP contribution in [0.25, 0.3) is 0 Å². The number of rotatable bonds is 5. The normalized spacial score (nSPS) is 13.0. The van der Waals surface area contributed by atoms with Crippen LogP contribution >= 0.6 is 0 Å². The van der Waals surface area contributed by atoms with Crippen LogP contribution in [0.4, 0.5) is 13.2 Å². The Bertz CT molecular complexity index is 953. The van der Waals surface area contributed by atoms with Crippen molar-refractivity contribution in [2.75, 3.05) is 0 Å². The maximum atomic E-state index is 12.5. The van der Waals surface area contributed by atoms with E-state index in [4.69, 9.17) is 5.14 Å². The fourth-order valence-electron chi connectivity index (χ4n) is 1.88. The summed E-state index contributed by atoms with van der Waals surface area (Å²) in [6.07, 6.45) is -4.47. The Morgan fingerprint density at radius 3 is 1.76 bits per heavy atom. The van der Waals surface area contributed by atoms with Crippen LogP contribution in [0.15, 0.2) is 58.3 Å². The molecular formula is C14H13F3N2O4S2. The first-order valence-corrected chi connectivity index (χ1v) is 9.71. The lowest BCUT2D eigenvalue weighted by atomic mass is 10.1. The Morgan fingerprint density at radius 1 is 0.840 bits per heavy atom. The Labute approximate surface area is 142 Å². The third-order valence-electron chi connectivity index (χ3n) is 3.21. The van der Waals surface area contributed by atoms with Crippen molar-refractivity contribution in [3.8, 4) is 0 Å². The lowest BCUT2D eigenvalue weighted by Crippen LogP contribution is -2.23. The molecule has 2 aromatic rings. The molecule has 25 heavy (non-hydrogen) atoms. The van der Waals surface area contributed by atoms with Crippen LogP contribution in [0.3, 0.4) is 0 Å². The molecule has 0 saturated heterocycles. The van der Waals surface area contributed by atoms with E-state index in [1.165, 1.54) is 0 Å². The molecule has 0 fully saturated rings. The number of halogens is 3. The van der Waals surface area contributed by atoms with Crippen molar-refractivity contribution in [1.29, 1.82) is 0 Å². The number of primary sulfonamides is 1. The molecule has 0 unspecified atom stereocenters. The highest BCUT2D eigenvalue weighted by molar-refractivity contribution is 7.89. The molecule has 0 radical (unpaired) electrons. The van der Waals surface area contributed by atoms with E-state index in [0.29, 0.717) is 5.56 Å². The summed E-state index contributed by atoms with van der Waals surface area (Å²) in [6.45, 7) is -0.225. The average molecular weight is 394 g/mol. The van der Waals surface area contributed by atoms with Crippen molar-refractivity contribution in [3.63, 3.8) is 0 Å². The molecule has 0 aromatic heterocycles. The molecule has 0 aliphatic rings. The van der Waals surface area contributed by atoms with Gasteiger partial charge in [0.05, 0.1) is 15.4 Å². The molecule has 0 atom stereocenters. The van der Waals surface area contributed by atoms with Gasteiger partial charge in [0.1, 0.15) is 0 Å². The SMILES string of the molecule is NS(=O)(=O)c1ccc(S(=O)(=O)NCc2ccc(C(F)(F)F)cc2)cc1. The summed E-state index contributed by atoms with van der Waals surface area (Å²) < 4.78 is 86.1. The van der Waals surface area contributed by atoms with Crippen LogP contribution in [0.2, 0.25) is 0 Å². The monoisotopic (exact) mass is 394 g/mol. The number of alkyl halides is 3. The van der Waals surface area contributed by atoms with Gasteiger partial charge in [0.25, 0.3) is 0 Å². The summed E-state index contributed by atoms with van der Waals surface area (Å²) in [6, 6.07) is 8.24. The van der Waals surface area contributed by atoms with Gasteiger partial charge in [-0.1, -0.05) is 12.1 Å². The molecule has 0 aliphatic carbocycles. The zero-order chi connectivity index (χ0) is 18.9. The van der Waals surface area contributed by atoms with E-state index in [9.17, 15) is 30.0 Å².